The summed E-state index contributed by atoms with van der Waals surface area (Å²) in [6.45, 7) is 0. The average Bonchev–Trinajstić information content (AvgIpc) is 2.18. The van der Waals surface area contributed by atoms with Gasteiger partial charge < -0.3 is 5.11 Å². The highest BCUT2D eigenvalue weighted by Crippen LogP contribution is 2.30. The summed E-state index contributed by atoms with van der Waals surface area (Å²) in [6, 6.07) is 0. The number of rotatable bonds is 1. The molecule has 15 heavy (non-hydrogen) atoms. The zero-order valence-corrected chi connectivity index (χ0v) is 7.47. The third kappa shape index (κ3) is 2.04. The Kier molecular flexibility index (Phi) is 3.18. The van der Waals surface area contributed by atoms with E-state index in [2.05, 4.69) is 0 Å². The summed E-state index contributed by atoms with van der Waals surface area (Å²) in [7, 11) is 0. The molecular formula is C7HF5O2S. The maximum absolute atomic E-state index is 12.8. The molecule has 1 aromatic rings. The minimum absolute atomic E-state index is 0.491. The molecule has 2 nitrogen and oxygen atoms in total. The molecule has 0 unspecified atom stereocenters. The highest BCUT2D eigenvalue weighted by Gasteiger charge is 2.27. The highest BCUT2D eigenvalue weighted by molar-refractivity contribution is 8.13. The Labute approximate surface area is 83.7 Å². The Morgan fingerprint density at radius 2 is 1.20 bits per heavy atom. The third-order valence-corrected chi connectivity index (χ3v) is 2.10. The molecule has 0 heterocycles. The van der Waals surface area contributed by atoms with Crippen LogP contribution in [0.3, 0.4) is 0 Å². The van der Waals surface area contributed by atoms with Gasteiger partial charge in [0.1, 0.15) is 0 Å². The van der Waals surface area contributed by atoms with Gasteiger partial charge in [0.05, 0.1) is 4.90 Å². The standard InChI is InChI=1S/C7HF5O2S/c8-1-2(9)4(11)6(15-7(13)14)5(12)3(1)10/h(H,13,14). The van der Waals surface area contributed by atoms with Crippen molar-refractivity contribution < 1.29 is 31.9 Å². The van der Waals surface area contributed by atoms with Gasteiger partial charge in [0, 0.05) is 0 Å². The summed E-state index contributed by atoms with van der Waals surface area (Å²) in [5, 5.41) is 6.38. The van der Waals surface area contributed by atoms with E-state index in [9.17, 15) is 26.7 Å². The molecule has 0 saturated carbocycles. The van der Waals surface area contributed by atoms with Gasteiger partial charge in [0.15, 0.2) is 23.3 Å². The van der Waals surface area contributed by atoms with Crippen LogP contribution in [0.25, 0.3) is 0 Å². The topological polar surface area (TPSA) is 37.3 Å². The van der Waals surface area contributed by atoms with E-state index in [4.69, 9.17) is 5.11 Å². The van der Waals surface area contributed by atoms with Gasteiger partial charge in [0.25, 0.3) is 0 Å². The van der Waals surface area contributed by atoms with Crippen LogP contribution in [0.5, 0.6) is 0 Å². The van der Waals surface area contributed by atoms with E-state index in [1.165, 1.54) is 0 Å². The number of carboxylic acid groups (broad SMARTS) is 1. The first-order chi connectivity index (χ1) is 6.86. The molecule has 0 saturated heterocycles. The minimum Gasteiger partial charge on any atom is -0.473 e. The van der Waals surface area contributed by atoms with Gasteiger partial charge in [-0.25, -0.2) is 26.7 Å². The van der Waals surface area contributed by atoms with Crippen molar-refractivity contribution in [2.24, 2.45) is 0 Å². The molecule has 0 aliphatic heterocycles. The Bertz CT molecular complexity index is 405. The summed E-state index contributed by atoms with van der Waals surface area (Å²) >= 11 is -0.491. The average molecular weight is 244 g/mol. The molecule has 0 bridgehead atoms. The largest absolute Gasteiger partial charge is 0.473 e. The molecule has 0 spiro atoms. The number of halogens is 5. The smallest absolute Gasteiger partial charge is 0.369 e. The van der Waals surface area contributed by atoms with Crippen LogP contribution in [0.15, 0.2) is 4.90 Å². The molecule has 1 N–H and O–H groups in total. The van der Waals surface area contributed by atoms with Crippen molar-refractivity contribution in [3.63, 3.8) is 0 Å². The van der Waals surface area contributed by atoms with E-state index in [-0.39, 0.29) is 0 Å². The van der Waals surface area contributed by atoms with Crippen molar-refractivity contribution in [2.75, 3.05) is 0 Å². The van der Waals surface area contributed by atoms with Crippen LogP contribution in [0, 0.1) is 29.1 Å². The SMILES string of the molecule is O=C(O)Sc1c(F)c(F)c(F)c(F)c1F. The van der Waals surface area contributed by atoms with Gasteiger partial charge in [0.2, 0.25) is 5.82 Å². The highest BCUT2D eigenvalue weighted by atomic mass is 32.2. The van der Waals surface area contributed by atoms with E-state index < -0.39 is 51.0 Å². The Morgan fingerprint density at radius 1 is 0.867 bits per heavy atom. The fraction of sp³-hybridized carbons (Fsp3) is 0. The second kappa shape index (κ2) is 4.05. The first-order valence-electron chi connectivity index (χ1n) is 3.28. The van der Waals surface area contributed by atoms with Crippen LogP contribution in [0.4, 0.5) is 26.7 Å². The number of thioether (sulfide) groups is 1. The number of hydrogen-bond donors (Lipinski definition) is 1. The number of benzene rings is 1. The lowest BCUT2D eigenvalue weighted by molar-refractivity contribution is 0.222. The van der Waals surface area contributed by atoms with Gasteiger partial charge in [-0.2, -0.15) is 0 Å². The summed E-state index contributed by atoms with van der Waals surface area (Å²) in [5.41, 5.74) is 0. The molecule has 0 atom stereocenters. The molecule has 82 valence electrons. The Morgan fingerprint density at radius 3 is 1.53 bits per heavy atom. The lowest BCUT2D eigenvalue weighted by Gasteiger charge is -2.04. The fourth-order valence-electron chi connectivity index (χ4n) is 0.762. The van der Waals surface area contributed by atoms with E-state index >= 15 is 0 Å². The summed E-state index contributed by atoms with van der Waals surface area (Å²) < 4.78 is 62.9. The van der Waals surface area contributed by atoms with Crippen LogP contribution in [0.1, 0.15) is 0 Å². The second-order valence-electron chi connectivity index (χ2n) is 2.27. The van der Waals surface area contributed by atoms with Crippen LogP contribution in [0.2, 0.25) is 0 Å². The predicted molar refractivity (Wildman–Crippen MR) is 40.1 cm³/mol. The molecule has 0 aliphatic rings. The normalized spacial score (nSPS) is 10.5. The second-order valence-corrected chi connectivity index (χ2v) is 3.23. The van der Waals surface area contributed by atoms with Crippen LogP contribution < -0.4 is 0 Å². The lowest BCUT2D eigenvalue weighted by Crippen LogP contribution is -2.04. The van der Waals surface area contributed by atoms with E-state index in [1.807, 2.05) is 0 Å². The maximum atomic E-state index is 12.8. The molecule has 0 aromatic heterocycles. The molecular weight excluding hydrogens is 243 g/mol. The van der Waals surface area contributed by atoms with Crippen LogP contribution >= 0.6 is 11.8 Å². The van der Waals surface area contributed by atoms with Crippen molar-refractivity contribution in [1.82, 2.24) is 0 Å². The van der Waals surface area contributed by atoms with Gasteiger partial charge in [-0.3, -0.25) is 0 Å². The Balaban J connectivity index is 3.45. The number of hydrogen-bond acceptors (Lipinski definition) is 2. The predicted octanol–water partition coefficient (Wildman–Crippen LogP) is 3.15. The number of carbonyl (C=O) groups is 1. The quantitative estimate of drug-likeness (QED) is 0.357. The molecule has 0 aliphatic carbocycles. The van der Waals surface area contributed by atoms with Gasteiger partial charge >= 0.3 is 5.30 Å². The van der Waals surface area contributed by atoms with Crippen molar-refractivity contribution in [1.29, 1.82) is 0 Å². The first kappa shape index (κ1) is 11.8. The molecule has 0 amide bonds. The summed E-state index contributed by atoms with van der Waals surface area (Å²) in [6.07, 6.45) is 0. The zero-order valence-electron chi connectivity index (χ0n) is 6.65. The van der Waals surface area contributed by atoms with Crippen molar-refractivity contribution in [3.8, 4) is 0 Å². The van der Waals surface area contributed by atoms with Crippen molar-refractivity contribution in [2.45, 2.75) is 4.90 Å². The summed E-state index contributed by atoms with van der Waals surface area (Å²) in [4.78, 5) is 8.64. The fourth-order valence-corrected chi connectivity index (χ4v) is 1.29. The molecule has 0 radical (unpaired) electrons. The van der Waals surface area contributed by atoms with Crippen LogP contribution in [-0.4, -0.2) is 10.4 Å². The zero-order chi connectivity index (χ0) is 11.7. The van der Waals surface area contributed by atoms with Gasteiger partial charge in [-0.05, 0) is 11.8 Å². The van der Waals surface area contributed by atoms with Crippen molar-refractivity contribution in [3.05, 3.63) is 29.1 Å². The summed E-state index contributed by atoms with van der Waals surface area (Å²) in [5.74, 6) is -11.0. The van der Waals surface area contributed by atoms with E-state index in [0.717, 1.165) is 0 Å². The van der Waals surface area contributed by atoms with Crippen LogP contribution in [-0.2, 0) is 0 Å². The minimum atomic E-state index is -2.32. The Hall–Kier alpha value is -1.31. The van der Waals surface area contributed by atoms with E-state index in [1.54, 1.807) is 0 Å². The molecule has 1 rings (SSSR count). The monoisotopic (exact) mass is 244 g/mol. The van der Waals surface area contributed by atoms with Gasteiger partial charge in [-0.1, -0.05) is 0 Å². The lowest BCUT2D eigenvalue weighted by atomic mass is 10.3. The third-order valence-electron chi connectivity index (χ3n) is 1.36. The van der Waals surface area contributed by atoms with Gasteiger partial charge in [-0.15, -0.1) is 0 Å². The van der Waals surface area contributed by atoms with Crippen molar-refractivity contribution >= 4 is 17.1 Å². The first-order valence-corrected chi connectivity index (χ1v) is 4.10. The molecule has 8 heteroatoms. The van der Waals surface area contributed by atoms with E-state index in [0.29, 0.717) is 0 Å². The maximum Gasteiger partial charge on any atom is 0.369 e. The molecule has 1 aromatic carbocycles. The molecule has 0 fully saturated rings.